The number of hydrogen-bond donors (Lipinski definition) is 1. The molecule has 0 atom stereocenters. The predicted octanol–water partition coefficient (Wildman–Crippen LogP) is 3.27. The van der Waals surface area contributed by atoms with Crippen LogP contribution in [0, 0.1) is 6.92 Å². The van der Waals surface area contributed by atoms with Crippen LogP contribution in [0.4, 0.5) is 5.00 Å². The number of nitrogens with zero attached hydrogens (tertiary/aromatic N) is 1. The topological polar surface area (TPSA) is 58.6 Å². The third-order valence-electron chi connectivity index (χ3n) is 5.05. The van der Waals surface area contributed by atoms with Gasteiger partial charge in [0.25, 0.3) is 11.8 Å². The van der Waals surface area contributed by atoms with E-state index in [0.29, 0.717) is 42.4 Å². The van der Waals surface area contributed by atoms with Gasteiger partial charge in [-0.1, -0.05) is 18.2 Å². The molecule has 0 unspecified atom stereocenters. The minimum absolute atomic E-state index is 0.0211. The summed E-state index contributed by atoms with van der Waals surface area (Å²) in [5.41, 5.74) is 3.40. The molecule has 136 valence electrons. The van der Waals surface area contributed by atoms with Crippen LogP contribution in [0.25, 0.3) is 0 Å². The second-order valence-corrected chi connectivity index (χ2v) is 7.84. The van der Waals surface area contributed by atoms with Crippen molar-refractivity contribution in [2.45, 2.75) is 26.2 Å². The molecule has 1 aromatic carbocycles. The van der Waals surface area contributed by atoms with Gasteiger partial charge in [-0.25, -0.2) is 0 Å². The predicted molar refractivity (Wildman–Crippen MR) is 102 cm³/mol. The van der Waals surface area contributed by atoms with Crippen LogP contribution in [0.15, 0.2) is 24.3 Å². The van der Waals surface area contributed by atoms with Crippen molar-refractivity contribution < 1.29 is 14.3 Å². The summed E-state index contributed by atoms with van der Waals surface area (Å²) >= 11 is 1.56. The molecule has 1 aliphatic carbocycles. The largest absolute Gasteiger partial charge is 0.378 e. The Bertz CT molecular complexity index is 853. The number of carbonyl (C=O) groups is 2. The maximum absolute atomic E-state index is 13.2. The first-order valence-corrected chi connectivity index (χ1v) is 9.85. The highest BCUT2D eigenvalue weighted by Gasteiger charge is 2.31. The van der Waals surface area contributed by atoms with E-state index in [1.54, 1.807) is 11.3 Å². The fourth-order valence-electron chi connectivity index (χ4n) is 3.64. The van der Waals surface area contributed by atoms with E-state index >= 15 is 0 Å². The van der Waals surface area contributed by atoms with Gasteiger partial charge in [0, 0.05) is 23.5 Å². The molecule has 0 saturated carbocycles. The summed E-state index contributed by atoms with van der Waals surface area (Å²) in [6, 6.07) is 7.51. The second kappa shape index (κ2) is 7.21. The number of nitrogens with one attached hydrogen (secondary N) is 1. The molecule has 1 aromatic heterocycles. The average molecular weight is 370 g/mol. The van der Waals surface area contributed by atoms with Crippen molar-refractivity contribution >= 4 is 28.2 Å². The zero-order valence-electron chi connectivity index (χ0n) is 14.8. The quantitative estimate of drug-likeness (QED) is 0.902. The van der Waals surface area contributed by atoms with E-state index in [0.717, 1.165) is 30.4 Å². The Morgan fingerprint density at radius 1 is 1.15 bits per heavy atom. The zero-order chi connectivity index (χ0) is 18.1. The lowest BCUT2D eigenvalue weighted by Gasteiger charge is -2.27. The third kappa shape index (κ3) is 3.15. The molecule has 6 heteroatoms. The zero-order valence-corrected chi connectivity index (χ0v) is 15.7. The van der Waals surface area contributed by atoms with Crippen molar-refractivity contribution in [3.8, 4) is 0 Å². The molecule has 2 aromatic rings. The maximum Gasteiger partial charge on any atom is 0.257 e. The summed E-state index contributed by atoms with van der Waals surface area (Å²) in [6.07, 6.45) is 2.98. The number of aryl methyl sites for hydroxylation is 2. The van der Waals surface area contributed by atoms with Gasteiger partial charge < -0.3 is 15.0 Å². The van der Waals surface area contributed by atoms with Crippen molar-refractivity contribution in [1.82, 2.24) is 4.90 Å². The van der Waals surface area contributed by atoms with Gasteiger partial charge >= 0.3 is 0 Å². The van der Waals surface area contributed by atoms with Gasteiger partial charge in [0.1, 0.15) is 5.00 Å². The van der Waals surface area contributed by atoms with E-state index < -0.39 is 0 Å². The Morgan fingerprint density at radius 2 is 1.92 bits per heavy atom. The Balaban J connectivity index is 1.65. The number of morpholine rings is 1. The molecular weight excluding hydrogens is 348 g/mol. The number of amides is 2. The molecule has 1 fully saturated rings. The minimum Gasteiger partial charge on any atom is -0.378 e. The van der Waals surface area contributed by atoms with Crippen LogP contribution in [0.1, 0.15) is 43.1 Å². The highest BCUT2D eigenvalue weighted by atomic mass is 32.1. The number of carbonyl (C=O) groups excluding carboxylic acids is 2. The van der Waals surface area contributed by atoms with Crippen molar-refractivity contribution in [2.24, 2.45) is 0 Å². The van der Waals surface area contributed by atoms with Crippen LogP contribution in [0.3, 0.4) is 0 Å². The minimum atomic E-state index is -0.154. The van der Waals surface area contributed by atoms with E-state index in [-0.39, 0.29) is 11.8 Å². The van der Waals surface area contributed by atoms with Crippen molar-refractivity contribution in [3.63, 3.8) is 0 Å². The molecular formula is C20H22N2O3S. The lowest BCUT2D eigenvalue weighted by Crippen LogP contribution is -2.41. The number of ether oxygens (including phenoxy) is 1. The number of anilines is 1. The molecule has 1 N–H and O–H groups in total. The molecule has 0 radical (unpaired) electrons. The van der Waals surface area contributed by atoms with E-state index in [1.807, 2.05) is 36.1 Å². The lowest BCUT2D eigenvalue weighted by atomic mass is 10.1. The second-order valence-electron chi connectivity index (χ2n) is 6.74. The van der Waals surface area contributed by atoms with Gasteiger partial charge in [-0.15, -0.1) is 11.3 Å². The highest BCUT2D eigenvalue weighted by Crippen LogP contribution is 2.40. The van der Waals surface area contributed by atoms with Gasteiger partial charge in [-0.2, -0.15) is 0 Å². The van der Waals surface area contributed by atoms with Crippen LogP contribution < -0.4 is 5.32 Å². The van der Waals surface area contributed by atoms with Gasteiger partial charge in [0.15, 0.2) is 0 Å². The van der Waals surface area contributed by atoms with Crippen LogP contribution in [-0.2, 0) is 17.6 Å². The first-order valence-electron chi connectivity index (χ1n) is 9.03. The number of benzene rings is 1. The van der Waals surface area contributed by atoms with E-state index in [4.69, 9.17) is 4.74 Å². The molecule has 0 spiro atoms. The maximum atomic E-state index is 13.2. The molecule has 2 heterocycles. The number of rotatable bonds is 3. The molecule has 2 aliphatic rings. The Morgan fingerprint density at radius 3 is 2.69 bits per heavy atom. The molecule has 1 saturated heterocycles. The SMILES string of the molecule is Cc1ccccc1C(=O)Nc1sc2c(c1C(=O)N1CCOCC1)CCC2. The lowest BCUT2D eigenvalue weighted by molar-refractivity contribution is 0.0303. The summed E-state index contributed by atoms with van der Waals surface area (Å²) in [5.74, 6) is -0.133. The fourth-order valence-corrected chi connectivity index (χ4v) is 4.92. The van der Waals surface area contributed by atoms with Gasteiger partial charge in [0.2, 0.25) is 0 Å². The normalized spacial score (nSPS) is 16.4. The van der Waals surface area contributed by atoms with Gasteiger partial charge in [0.05, 0.1) is 18.8 Å². The Labute approximate surface area is 157 Å². The van der Waals surface area contributed by atoms with Crippen LogP contribution in [0.2, 0.25) is 0 Å². The van der Waals surface area contributed by atoms with Crippen molar-refractivity contribution in [3.05, 3.63) is 51.4 Å². The Kier molecular flexibility index (Phi) is 4.78. The van der Waals surface area contributed by atoms with Crippen molar-refractivity contribution in [1.29, 1.82) is 0 Å². The van der Waals surface area contributed by atoms with Crippen LogP contribution >= 0.6 is 11.3 Å². The first kappa shape index (κ1) is 17.2. The molecule has 1 aliphatic heterocycles. The summed E-state index contributed by atoms with van der Waals surface area (Å²) in [6.45, 7) is 4.28. The number of thiophene rings is 1. The smallest absolute Gasteiger partial charge is 0.257 e. The number of fused-ring (bicyclic) bond motifs is 1. The highest BCUT2D eigenvalue weighted by molar-refractivity contribution is 7.17. The monoisotopic (exact) mass is 370 g/mol. The van der Waals surface area contributed by atoms with Crippen molar-refractivity contribution in [2.75, 3.05) is 31.6 Å². The van der Waals surface area contributed by atoms with E-state index in [2.05, 4.69) is 5.32 Å². The van der Waals surface area contributed by atoms with Crippen LogP contribution in [0.5, 0.6) is 0 Å². The summed E-state index contributed by atoms with van der Waals surface area (Å²) in [5, 5.41) is 3.71. The van der Waals surface area contributed by atoms with E-state index in [1.165, 1.54) is 4.88 Å². The standard InChI is InChI=1S/C20H22N2O3S/c1-13-5-2-3-6-14(13)18(23)21-19-17(15-7-4-8-16(15)26-19)20(24)22-9-11-25-12-10-22/h2-3,5-6H,4,7-12H2,1H3,(H,21,23). The van der Waals surface area contributed by atoms with E-state index in [9.17, 15) is 9.59 Å². The molecule has 26 heavy (non-hydrogen) atoms. The molecule has 0 bridgehead atoms. The number of hydrogen-bond acceptors (Lipinski definition) is 4. The molecule has 5 nitrogen and oxygen atoms in total. The van der Waals surface area contributed by atoms with Gasteiger partial charge in [-0.3, -0.25) is 9.59 Å². The Hall–Kier alpha value is -2.18. The molecule has 4 rings (SSSR count). The first-order chi connectivity index (χ1) is 12.6. The summed E-state index contributed by atoms with van der Waals surface area (Å²) in [4.78, 5) is 29.0. The third-order valence-corrected chi connectivity index (χ3v) is 6.26. The average Bonchev–Trinajstić information content (AvgIpc) is 3.23. The summed E-state index contributed by atoms with van der Waals surface area (Å²) < 4.78 is 5.36. The summed E-state index contributed by atoms with van der Waals surface area (Å²) in [7, 11) is 0. The fraction of sp³-hybridized carbons (Fsp3) is 0.400. The molecule has 2 amide bonds. The van der Waals surface area contributed by atoms with Crippen LogP contribution in [-0.4, -0.2) is 43.0 Å². The van der Waals surface area contributed by atoms with Gasteiger partial charge in [-0.05, 0) is 43.4 Å².